The molecule has 1 aromatic carbocycles. The van der Waals surface area contributed by atoms with Crippen LogP contribution in [0.2, 0.25) is 0 Å². The zero-order valence-electron chi connectivity index (χ0n) is 13.5. The molecule has 1 fully saturated rings. The Labute approximate surface area is 138 Å². The van der Waals surface area contributed by atoms with Crippen molar-refractivity contribution in [2.24, 2.45) is 0 Å². The van der Waals surface area contributed by atoms with Crippen LogP contribution in [0.5, 0.6) is 0 Å². The van der Waals surface area contributed by atoms with Gasteiger partial charge in [0, 0.05) is 19.4 Å². The van der Waals surface area contributed by atoms with Crippen molar-refractivity contribution in [3.8, 4) is 0 Å². The van der Waals surface area contributed by atoms with Gasteiger partial charge in [-0.3, -0.25) is 4.79 Å². The number of amides is 1. The van der Waals surface area contributed by atoms with E-state index in [0.717, 1.165) is 18.9 Å². The van der Waals surface area contributed by atoms with E-state index in [4.69, 9.17) is 4.52 Å². The number of hydrogen-bond acceptors (Lipinski definition) is 4. The van der Waals surface area contributed by atoms with E-state index in [1.807, 2.05) is 6.92 Å². The number of aryl methyl sites for hydroxylation is 2. The second kappa shape index (κ2) is 7.07. The first-order chi connectivity index (χ1) is 11.6. The summed E-state index contributed by atoms with van der Waals surface area (Å²) in [7, 11) is 0. The summed E-state index contributed by atoms with van der Waals surface area (Å²) in [5, 5.41) is 3.96. The van der Waals surface area contributed by atoms with Gasteiger partial charge in [0.25, 0.3) is 0 Å². The quantitative estimate of drug-likeness (QED) is 0.842. The molecule has 1 atom stereocenters. The van der Waals surface area contributed by atoms with Crippen molar-refractivity contribution in [3.63, 3.8) is 0 Å². The lowest BCUT2D eigenvalue weighted by molar-refractivity contribution is -0.132. The second-order valence-electron chi connectivity index (χ2n) is 5.86. The minimum absolute atomic E-state index is 0.107. The fourth-order valence-electron chi connectivity index (χ4n) is 3.01. The number of benzene rings is 1. The van der Waals surface area contributed by atoms with Gasteiger partial charge in [-0.05, 0) is 30.9 Å². The van der Waals surface area contributed by atoms with E-state index in [1.54, 1.807) is 4.90 Å². The maximum atomic E-state index is 13.7. The van der Waals surface area contributed by atoms with E-state index in [2.05, 4.69) is 10.1 Å². The van der Waals surface area contributed by atoms with Gasteiger partial charge in [-0.2, -0.15) is 4.98 Å². The summed E-state index contributed by atoms with van der Waals surface area (Å²) < 4.78 is 32.0. The Morgan fingerprint density at radius 2 is 2.25 bits per heavy atom. The molecule has 1 saturated heterocycles. The van der Waals surface area contributed by atoms with Crippen LogP contribution in [0.3, 0.4) is 0 Å². The van der Waals surface area contributed by atoms with Crippen molar-refractivity contribution in [1.29, 1.82) is 0 Å². The van der Waals surface area contributed by atoms with Crippen molar-refractivity contribution in [3.05, 3.63) is 47.1 Å². The molecule has 0 N–H and O–H groups in total. The molecule has 128 valence electrons. The third-order valence-corrected chi connectivity index (χ3v) is 4.30. The molecular weight excluding hydrogens is 316 g/mol. The Morgan fingerprint density at radius 1 is 1.42 bits per heavy atom. The molecule has 0 aliphatic carbocycles. The van der Waals surface area contributed by atoms with Crippen molar-refractivity contribution in [2.45, 2.75) is 45.1 Å². The van der Waals surface area contributed by atoms with Crippen molar-refractivity contribution in [2.75, 3.05) is 6.54 Å². The molecule has 5 nitrogen and oxygen atoms in total. The van der Waals surface area contributed by atoms with Crippen LogP contribution < -0.4 is 0 Å². The molecule has 1 aliphatic rings. The van der Waals surface area contributed by atoms with E-state index in [1.165, 1.54) is 12.1 Å². The Kier molecular flexibility index (Phi) is 4.87. The predicted molar refractivity (Wildman–Crippen MR) is 82.0 cm³/mol. The number of likely N-dealkylation sites (tertiary alicyclic amines) is 1. The zero-order valence-corrected chi connectivity index (χ0v) is 13.5. The van der Waals surface area contributed by atoms with Crippen LogP contribution >= 0.6 is 0 Å². The number of rotatable bonds is 5. The topological polar surface area (TPSA) is 59.2 Å². The molecular formula is C17H19F2N3O2. The lowest BCUT2D eigenvalue weighted by Crippen LogP contribution is -2.31. The lowest BCUT2D eigenvalue weighted by atomic mass is 10.1. The van der Waals surface area contributed by atoms with Crippen molar-refractivity contribution in [1.82, 2.24) is 15.0 Å². The normalized spacial score (nSPS) is 17.5. The largest absolute Gasteiger partial charge is 0.339 e. The summed E-state index contributed by atoms with van der Waals surface area (Å²) in [5.74, 6) is -0.809. The zero-order chi connectivity index (χ0) is 17.1. The van der Waals surface area contributed by atoms with Crippen LogP contribution in [0.25, 0.3) is 0 Å². The fourth-order valence-corrected chi connectivity index (χ4v) is 3.01. The third-order valence-electron chi connectivity index (χ3n) is 4.30. The number of nitrogens with zero attached hydrogens (tertiary/aromatic N) is 3. The summed E-state index contributed by atoms with van der Waals surface area (Å²) in [6, 6.07) is 3.82. The first-order valence-electron chi connectivity index (χ1n) is 8.15. The number of carbonyl (C=O) groups is 1. The number of halogens is 2. The molecule has 3 rings (SSSR count). The van der Waals surface area contributed by atoms with Crippen LogP contribution in [0.1, 0.15) is 49.5 Å². The Hall–Kier alpha value is -2.31. The van der Waals surface area contributed by atoms with Crippen LogP contribution in [-0.4, -0.2) is 27.5 Å². The second-order valence-corrected chi connectivity index (χ2v) is 5.86. The monoisotopic (exact) mass is 335 g/mol. The van der Waals surface area contributed by atoms with Gasteiger partial charge in [0.05, 0.1) is 6.04 Å². The molecule has 0 radical (unpaired) electrons. The molecule has 1 unspecified atom stereocenters. The van der Waals surface area contributed by atoms with E-state index in [-0.39, 0.29) is 30.4 Å². The predicted octanol–water partition coefficient (Wildman–Crippen LogP) is 3.21. The van der Waals surface area contributed by atoms with Crippen LogP contribution in [-0.2, 0) is 17.6 Å². The maximum absolute atomic E-state index is 13.7. The molecule has 24 heavy (non-hydrogen) atoms. The molecule has 0 bridgehead atoms. The van der Waals surface area contributed by atoms with Crippen LogP contribution in [0, 0.1) is 11.6 Å². The highest BCUT2D eigenvalue weighted by Crippen LogP contribution is 2.31. The van der Waals surface area contributed by atoms with Gasteiger partial charge in [0.15, 0.2) is 17.5 Å². The molecule has 1 aromatic heterocycles. The Bertz CT molecular complexity index is 732. The molecule has 1 aliphatic heterocycles. The van der Waals surface area contributed by atoms with Crippen LogP contribution in [0.15, 0.2) is 22.7 Å². The molecule has 0 spiro atoms. The molecule has 0 saturated carbocycles. The average Bonchev–Trinajstić information content (AvgIpc) is 3.24. The summed E-state index contributed by atoms with van der Waals surface area (Å²) in [5.41, 5.74) is 0.215. The Morgan fingerprint density at radius 3 is 3.00 bits per heavy atom. The van der Waals surface area contributed by atoms with E-state index in [0.29, 0.717) is 24.7 Å². The summed E-state index contributed by atoms with van der Waals surface area (Å²) in [6.45, 7) is 2.54. The summed E-state index contributed by atoms with van der Waals surface area (Å²) in [6.07, 6.45) is 2.57. The minimum atomic E-state index is -0.891. The number of carbonyl (C=O) groups excluding carboxylic acids is 1. The SMILES string of the molecule is CCc1nc(C2CCCN2C(=O)CCc2cccc(F)c2F)no1. The first kappa shape index (κ1) is 16.5. The van der Waals surface area contributed by atoms with Gasteiger partial charge in [-0.25, -0.2) is 8.78 Å². The molecule has 1 amide bonds. The van der Waals surface area contributed by atoms with Gasteiger partial charge in [0.2, 0.25) is 11.8 Å². The van der Waals surface area contributed by atoms with E-state index >= 15 is 0 Å². The molecule has 2 aromatic rings. The van der Waals surface area contributed by atoms with Gasteiger partial charge < -0.3 is 9.42 Å². The van der Waals surface area contributed by atoms with Gasteiger partial charge >= 0.3 is 0 Å². The van der Waals surface area contributed by atoms with Crippen LogP contribution in [0.4, 0.5) is 8.78 Å². The lowest BCUT2D eigenvalue weighted by Gasteiger charge is -2.22. The van der Waals surface area contributed by atoms with Crippen molar-refractivity contribution >= 4 is 5.91 Å². The maximum Gasteiger partial charge on any atom is 0.226 e. The van der Waals surface area contributed by atoms with Gasteiger partial charge in [0.1, 0.15) is 0 Å². The number of aromatic nitrogens is 2. The molecule has 7 heteroatoms. The minimum Gasteiger partial charge on any atom is -0.339 e. The third kappa shape index (κ3) is 3.29. The average molecular weight is 335 g/mol. The van der Waals surface area contributed by atoms with E-state index < -0.39 is 11.6 Å². The van der Waals surface area contributed by atoms with Crippen molar-refractivity contribution < 1.29 is 18.1 Å². The smallest absolute Gasteiger partial charge is 0.226 e. The van der Waals surface area contributed by atoms with Gasteiger partial charge in [-0.1, -0.05) is 24.2 Å². The number of hydrogen-bond donors (Lipinski definition) is 0. The summed E-state index contributed by atoms with van der Waals surface area (Å²) in [4.78, 5) is 18.5. The van der Waals surface area contributed by atoms with E-state index in [9.17, 15) is 13.6 Å². The molecule has 2 heterocycles. The Balaban J connectivity index is 1.66. The van der Waals surface area contributed by atoms with Gasteiger partial charge in [-0.15, -0.1) is 0 Å². The fraction of sp³-hybridized carbons (Fsp3) is 0.471. The highest BCUT2D eigenvalue weighted by Gasteiger charge is 2.33. The highest BCUT2D eigenvalue weighted by atomic mass is 19.2. The highest BCUT2D eigenvalue weighted by molar-refractivity contribution is 5.77. The summed E-state index contributed by atoms with van der Waals surface area (Å²) >= 11 is 0. The standard InChI is InChI=1S/C17H19F2N3O2/c1-2-14-20-17(21-24-14)13-7-4-10-22(13)15(23)9-8-11-5-3-6-12(18)16(11)19/h3,5-6,13H,2,4,7-10H2,1H3. The first-order valence-corrected chi connectivity index (χ1v) is 8.15.